The molecule has 0 saturated heterocycles. The highest BCUT2D eigenvalue weighted by Crippen LogP contribution is 2.16. The number of nitrogens with one attached hydrogen (secondary N) is 1. The van der Waals surface area contributed by atoms with Crippen molar-refractivity contribution in [2.24, 2.45) is 5.73 Å². The van der Waals surface area contributed by atoms with Crippen LogP contribution in [0.3, 0.4) is 0 Å². The van der Waals surface area contributed by atoms with Gasteiger partial charge < -0.3 is 10.5 Å². The van der Waals surface area contributed by atoms with Gasteiger partial charge in [0.25, 0.3) is 0 Å². The second-order valence-electron chi connectivity index (χ2n) is 5.76. The summed E-state index contributed by atoms with van der Waals surface area (Å²) in [5, 5.41) is 0. The molecule has 0 aliphatic rings. The molecule has 1 unspecified atom stereocenters. The maximum atomic E-state index is 12.2. The third-order valence-electron chi connectivity index (χ3n) is 3.62. The molecule has 3 N–H and O–H groups in total. The predicted octanol–water partition coefficient (Wildman–Crippen LogP) is 3.05. The normalized spacial score (nSPS) is 13.0. The average molecular weight is 343 g/mol. The first-order chi connectivity index (χ1) is 11.0. The Balaban J connectivity index is 2.47. The van der Waals surface area contributed by atoms with Gasteiger partial charge in [-0.15, -0.1) is 0 Å². The Kier molecular flexibility index (Phi) is 9.21. The standard InChI is InChI=1S/C17H30N2O3S/c1-3-5-6-14-22-16-8-10-17(11-9-16)23(20,21)19-13-12-15(18)7-4-2/h8-11,15,19H,3-7,12-14,18H2,1-2H3. The van der Waals surface area contributed by atoms with Crippen LogP contribution in [0.5, 0.6) is 5.75 Å². The van der Waals surface area contributed by atoms with Gasteiger partial charge in [-0.3, -0.25) is 0 Å². The molecular weight excluding hydrogens is 312 g/mol. The first kappa shape index (κ1) is 19.9. The van der Waals surface area contributed by atoms with Crippen molar-refractivity contribution < 1.29 is 13.2 Å². The molecular formula is C17H30N2O3S. The average Bonchev–Trinajstić information content (AvgIpc) is 2.52. The lowest BCUT2D eigenvalue weighted by atomic mass is 10.1. The highest BCUT2D eigenvalue weighted by molar-refractivity contribution is 7.89. The summed E-state index contributed by atoms with van der Waals surface area (Å²) in [4.78, 5) is 0.252. The molecule has 132 valence electrons. The fourth-order valence-corrected chi connectivity index (χ4v) is 3.28. The topological polar surface area (TPSA) is 81.4 Å². The number of benzene rings is 1. The van der Waals surface area contributed by atoms with Gasteiger partial charge in [0, 0.05) is 12.6 Å². The summed E-state index contributed by atoms with van der Waals surface area (Å²) in [7, 11) is -3.48. The lowest BCUT2D eigenvalue weighted by Gasteiger charge is -2.12. The molecule has 1 aromatic rings. The summed E-state index contributed by atoms with van der Waals surface area (Å²) in [6.07, 6.45) is 5.85. The van der Waals surface area contributed by atoms with Gasteiger partial charge in [-0.25, -0.2) is 13.1 Å². The van der Waals surface area contributed by atoms with E-state index in [-0.39, 0.29) is 10.9 Å². The highest BCUT2D eigenvalue weighted by atomic mass is 32.2. The zero-order chi connectivity index (χ0) is 17.1. The molecule has 0 saturated carbocycles. The Bertz CT molecular complexity index is 529. The van der Waals surface area contributed by atoms with Crippen molar-refractivity contribution in [2.75, 3.05) is 13.2 Å². The molecule has 1 atom stereocenters. The molecule has 23 heavy (non-hydrogen) atoms. The van der Waals surface area contributed by atoms with E-state index in [1.807, 2.05) is 0 Å². The van der Waals surface area contributed by atoms with Gasteiger partial charge in [0.2, 0.25) is 10.0 Å². The van der Waals surface area contributed by atoms with Gasteiger partial charge in [0.05, 0.1) is 11.5 Å². The lowest BCUT2D eigenvalue weighted by molar-refractivity contribution is 0.306. The van der Waals surface area contributed by atoms with Crippen molar-refractivity contribution in [3.8, 4) is 5.75 Å². The highest BCUT2D eigenvalue weighted by Gasteiger charge is 2.14. The second kappa shape index (κ2) is 10.6. The van der Waals surface area contributed by atoms with Crippen LogP contribution in [0.25, 0.3) is 0 Å². The van der Waals surface area contributed by atoms with Crippen molar-refractivity contribution in [2.45, 2.75) is 63.3 Å². The minimum atomic E-state index is -3.48. The largest absolute Gasteiger partial charge is 0.494 e. The SMILES string of the molecule is CCCCCOc1ccc(S(=O)(=O)NCCC(N)CCC)cc1. The summed E-state index contributed by atoms with van der Waals surface area (Å²) in [6, 6.07) is 6.58. The Morgan fingerprint density at radius 3 is 2.39 bits per heavy atom. The Morgan fingerprint density at radius 2 is 1.78 bits per heavy atom. The molecule has 0 heterocycles. The number of nitrogens with two attached hydrogens (primary N) is 1. The lowest BCUT2D eigenvalue weighted by Crippen LogP contribution is -2.30. The number of sulfonamides is 1. The Morgan fingerprint density at radius 1 is 1.09 bits per heavy atom. The maximum Gasteiger partial charge on any atom is 0.240 e. The summed E-state index contributed by atoms with van der Waals surface area (Å²) < 4.78 is 32.6. The van der Waals surface area contributed by atoms with Crippen molar-refractivity contribution in [1.82, 2.24) is 4.72 Å². The molecule has 1 rings (SSSR count). The minimum absolute atomic E-state index is 0.0431. The summed E-state index contributed by atoms with van der Waals surface area (Å²) in [5.74, 6) is 0.699. The van der Waals surface area contributed by atoms with E-state index in [1.54, 1.807) is 24.3 Å². The van der Waals surface area contributed by atoms with Crippen LogP contribution in [0.4, 0.5) is 0 Å². The minimum Gasteiger partial charge on any atom is -0.494 e. The third-order valence-corrected chi connectivity index (χ3v) is 5.09. The number of hydrogen-bond donors (Lipinski definition) is 2. The molecule has 0 radical (unpaired) electrons. The third kappa shape index (κ3) is 7.81. The quantitative estimate of drug-likeness (QED) is 0.572. The monoisotopic (exact) mass is 342 g/mol. The van der Waals surface area contributed by atoms with Crippen LogP contribution >= 0.6 is 0 Å². The zero-order valence-corrected chi connectivity index (χ0v) is 15.1. The number of ether oxygens (including phenoxy) is 1. The molecule has 6 heteroatoms. The maximum absolute atomic E-state index is 12.2. The van der Waals surface area contributed by atoms with E-state index < -0.39 is 10.0 Å². The van der Waals surface area contributed by atoms with Crippen molar-refractivity contribution in [1.29, 1.82) is 0 Å². The van der Waals surface area contributed by atoms with E-state index in [9.17, 15) is 8.42 Å². The van der Waals surface area contributed by atoms with Gasteiger partial charge in [-0.05, 0) is 43.5 Å². The van der Waals surface area contributed by atoms with E-state index in [0.717, 1.165) is 32.1 Å². The van der Waals surface area contributed by atoms with Gasteiger partial charge in [-0.1, -0.05) is 33.1 Å². The van der Waals surface area contributed by atoms with Crippen LogP contribution in [0, 0.1) is 0 Å². The van der Waals surface area contributed by atoms with E-state index in [1.165, 1.54) is 0 Å². The van der Waals surface area contributed by atoms with E-state index >= 15 is 0 Å². The fraction of sp³-hybridized carbons (Fsp3) is 0.647. The first-order valence-corrected chi connectivity index (χ1v) is 9.96. The van der Waals surface area contributed by atoms with E-state index in [0.29, 0.717) is 25.3 Å². The van der Waals surface area contributed by atoms with Crippen LogP contribution in [0.1, 0.15) is 52.4 Å². The van der Waals surface area contributed by atoms with Crippen LogP contribution in [0.2, 0.25) is 0 Å². The van der Waals surface area contributed by atoms with Gasteiger partial charge >= 0.3 is 0 Å². The van der Waals surface area contributed by atoms with Crippen molar-refractivity contribution >= 4 is 10.0 Å². The van der Waals surface area contributed by atoms with Crippen LogP contribution in [0.15, 0.2) is 29.2 Å². The summed E-state index contributed by atoms with van der Waals surface area (Å²) in [5.41, 5.74) is 5.89. The van der Waals surface area contributed by atoms with Crippen LogP contribution < -0.4 is 15.2 Å². The summed E-state index contributed by atoms with van der Waals surface area (Å²) in [6.45, 7) is 5.23. The van der Waals surface area contributed by atoms with Crippen molar-refractivity contribution in [3.63, 3.8) is 0 Å². The first-order valence-electron chi connectivity index (χ1n) is 8.47. The molecule has 0 fully saturated rings. The molecule has 0 aromatic heterocycles. The van der Waals surface area contributed by atoms with Crippen LogP contribution in [-0.2, 0) is 10.0 Å². The fourth-order valence-electron chi connectivity index (χ4n) is 2.23. The number of unbranched alkanes of at least 4 members (excludes halogenated alkanes) is 2. The summed E-state index contributed by atoms with van der Waals surface area (Å²) >= 11 is 0. The zero-order valence-electron chi connectivity index (χ0n) is 14.3. The predicted molar refractivity (Wildman–Crippen MR) is 94.2 cm³/mol. The Labute approximate surface area is 140 Å². The molecule has 5 nitrogen and oxygen atoms in total. The molecule has 1 aromatic carbocycles. The number of hydrogen-bond acceptors (Lipinski definition) is 4. The van der Waals surface area contributed by atoms with E-state index in [2.05, 4.69) is 18.6 Å². The molecule has 0 spiro atoms. The van der Waals surface area contributed by atoms with Gasteiger partial charge in [-0.2, -0.15) is 0 Å². The molecule has 0 aliphatic carbocycles. The molecule has 0 aliphatic heterocycles. The van der Waals surface area contributed by atoms with Crippen molar-refractivity contribution in [3.05, 3.63) is 24.3 Å². The smallest absolute Gasteiger partial charge is 0.240 e. The Hall–Kier alpha value is -1.11. The molecule has 0 bridgehead atoms. The van der Waals surface area contributed by atoms with E-state index in [4.69, 9.17) is 10.5 Å². The number of rotatable bonds is 12. The van der Waals surface area contributed by atoms with Gasteiger partial charge in [0.1, 0.15) is 5.75 Å². The second-order valence-corrected chi connectivity index (χ2v) is 7.53. The van der Waals surface area contributed by atoms with Gasteiger partial charge in [0.15, 0.2) is 0 Å². The molecule has 0 amide bonds. The van der Waals surface area contributed by atoms with Crippen LogP contribution in [-0.4, -0.2) is 27.6 Å².